The van der Waals surface area contributed by atoms with Gasteiger partial charge in [-0.15, -0.1) is 11.8 Å². The van der Waals surface area contributed by atoms with Gasteiger partial charge in [-0.1, -0.05) is 13.0 Å². The summed E-state index contributed by atoms with van der Waals surface area (Å²) in [6, 6.07) is 6.47. The Balaban J connectivity index is 1.87. The third kappa shape index (κ3) is 3.06. The Labute approximate surface area is 131 Å². The molecule has 0 aliphatic carbocycles. The molecule has 0 amide bonds. The SMILES string of the molecule is CCSc1cccc(N2CCCC3(C2)OCCO3)c1CN. The Morgan fingerprint density at radius 2 is 2.14 bits per heavy atom. The smallest absolute Gasteiger partial charge is 0.186 e. The van der Waals surface area contributed by atoms with Crippen molar-refractivity contribution in [2.24, 2.45) is 5.73 Å². The lowest BCUT2D eigenvalue weighted by molar-refractivity contribution is -0.161. The van der Waals surface area contributed by atoms with Gasteiger partial charge in [-0.3, -0.25) is 0 Å². The second-order valence-electron chi connectivity index (χ2n) is 5.52. The Morgan fingerprint density at radius 3 is 2.86 bits per heavy atom. The van der Waals surface area contributed by atoms with Gasteiger partial charge in [0.1, 0.15) is 0 Å². The number of thioether (sulfide) groups is 1. The molecular formula is C16H24N2O2S. The number of benzene rings is 1. The zero-order chi connectivity index (χ0) is 14.7. The molecule has 1 aromatic carbocycles. The van der Waals surface area contributed by atoms with Crippen LogP contribution in [0.2, 0.25) is 0 Å². The van der Waals surface area contributed by atoms with Crippen molar-refractivity contribution in [3.63, 3.8) is 0 Å². The number of ether oxygens (including phenoxy) is 2. The summed E-state index contributed by atoms with van der Waals surface area (Å²) < 4.78 is 11.8. The molecule has 0 unspecified atom stereocenters. The van der Waals surface area contributed by atoms with Gasteiger partial charge in [-0.2, -0.15) is 0 Å². The molecule has 2 aliphatic heterocycles. The van der Waals surface area contributed by atoms with Crippen LogP contribution >= 0.6 is 11.8 Å². The second-order valence-corrected chi connectivity index (χ2v) is 6.83. The van der Waals surface area contributed by atoms with E-state index in [4.69, 9.17) is 15.2 Å². The maximum Gasteiger partial charge on any atom is 0.186 e. The zero-order valence-electron chi connectivity index (χ0n) is 12.6. The minimum atomic E-state index is -0.391. The van der Waals surface area contributed by atoms with E-state index in [0.29, 0.717) is 19.8 Å². The number of hydrogen-bond donors (Lipinski definition) is 1. The molecule has 0 bridgehead atoms. The van der Waals surface area contributed by atoms with E-state index in [0.717, 1.165) is 31.7 Å². The molecule has 2 N–H and O–H groups in total. The van der Waals surface area contributed by atoms with Gasteiger partial charge in [-0.25, -0.2) is 0 Å². The molecule has 0 atom stereocenters. The largest absolute Gasteiger partial charge is 0.366 e. The summed E-state index contributed by atoms with van der Waals surface area (Å²) in [6.07, 6.45) is 2.08. The molecule has 2 aliphatic rings. The van der Waals surface area contributed by atoms with E-state index in [2.05, 4.69) is 30.0 Å². The van der Waals surface area contributed by atoms with Crippen molar-refractivity contribution >= 4 is 17.4 Å². The second kappa shape index (κ2) is 6.57. The van der Waals surface area contributed by atoms with E-state index < -0.39 is 5.79 Å². The minimum absolute atomic E-state index is 0.391. The van der Waals surface area contributed by atoms with Crippen LogP contribution in [0.5, 0.6) is 0 Å². The van der Waals surface area contributed by atoms with Gasteiger partial charge < -0.3 is 20.1 Å². The number of rotatable bonds is 4. The normalized spacial score (nSPS) is 21.1. The highest BCUT2D eigenvalue weighted by Gasteiger charge is 2.41. The number of anilines is 1. The summed E-state index contributed by atoms with van der Waals surface area (Å²) in [5.74, 6) is 0.671. The summed E-state index contributed by atoms with van der Waals surface area (Å²) >= 11 is 1.86. The first kappa shape index (κ1) is 15.2. The number of hydrogen-bond acceptors (Lipinski definition) is 5. The van der Waals surface area contributed by atoms with Gasteiger partial charge in [-0.05, 0) is 24.3 Å². The fourth-order valence-electron chi connectivity index (χ4n) is 3.27. The van der Waals surface area contributed by atoms with Crippen molar-refractivity contribution in [2.45, 2.75) is 37.0 Å². The van der Waals surface area contributed by atoms with Gasteiger partial charge in [0.15, 0.2) is 5.79 Å². The van der Waals surface area contributed by atoms with E-state index in [9.17, 15) is 0 Å². The van der Waals surface area contributed by atoms with Crippen LogP contribution in [0.15, 0.2) is 23.1 Å². The average molecular weight is 308 g/mol. The minimum Gasteiger partial charge on any atom is -0.366 e. The van der Waals surface area contributed by atoms with Crippen LogP contribution < -0.4 is 10.6 Å². The van der Waals surface area contributed by atoms with E-state index >= 15 is 0 Å². The maximum absolute atomic E-state index is 6.03. The summed E-state index contributed by atoms with van der Waals surface area (Å²) in [6.45, 7) is 6.02. The molecular weight excluding hydrogens is 284 g/mol. The van der Waals surface area contributed by atoms with Crippen LogP contribution in [0.1, 0.15) is 25.3 Å². The lowest BCUT2D eigenvalue weighted by Crippen LogP contribution is -2.49. The predicted octanol–water partition coefficient (Wildman–Crippen LogP) is 2.60. The number of piperidine rings is 1. The van der Waals surface area contributed by atoms with Crippen molar-refractivity contribution in [2.75, 3.05) is 37.0 Å². The highest BCUT2D eigenvalue weighted by molar-refractivity contribution is 7.99. The fraction of sp³-hybridized carbons (Fsp3) is 0.625. The molecule has 21 heavy (non-hydrogen) atoms. The van der Waals surface area contributed by atoms with E-state index in [1.54, 1.807) is 0 Å². The highest BCUT2D eigenvalue weighted by Crippen LogP contribution is 2.36. The monoisotopic (exact) mass is 308 g/mol. The summed E-state index contributed by atoms with van der Waals surface area (Å²) in [7, 11) is 0. The van der Waals surface area contributed by atoms with Gasteiger partial charge in [0.2, 0.25) is 0 Å². The summed E-state index contributed by atoms with van der Waals surface area (Å²) in [5, 5.41) is 0. The number of nitrogens with two attached hydrogens (primary N) is 1. The van der Waals surface area contributed by atoms with Crippen molar-refractivity contribution in [1.82, 2.24) is 0 Å². The standard InChI is InChI=1S/C16H24N2O2S/c1-2-21-15-6-3-5-14(13(15)11-17)18-8-4-7-16(12-18)19-9-10-20-16/h3,5-6H,2,4,7-12,17H2,1H3. The molecule has 5 heteroatoms. The molecule has 116 valence electrons. The molecule has 1 aromatic rings. The predicted molar refractivity (Wildman–Crippen MR) is 86.8 cm³/mol. The third-order valence-corrected chi connectivity index (χ3v) is 5.17. The van der Waals surface area contributed by atoms with Gasteiger partial charge in [0, 0.05) is 35.7 Å². The lowest BCUT2D eigenvalue weighted by atomic mass is 10.0. The van der Waals surface area contributed by atoms with Crippen LogP contribution in [0, 0.1) is 0 Å². The Bertz CT molecular complexity index is 489. The van der Waals surface area contributed by atoms with E-state index in [1.807, 2.05) is 11.8 Å². The Morgan fingerprint density at radius 1 is 1.33 bits per heavy atom. The van der Waals surface area contributed by atoms with Crippen molar-refractivity contribution < 1.29 is 9.47 Å². The van der Waals surface area contributed by atoms with Gasteiger partial charge in [0.05, 0.1) is 19.8 Å². The van der Waals surface area contributed by atoms with Crippen LogP contribution in [0.3, 0.4) is 0 Å². The average Bonchev–Trinajstić information content (AvgIpc) is 2.95. The first-order chi connectivity index (χ1) is 10.3. The van der Waals surface area contributed by atoms with E-state index in [1.165, 1.54) is 16.1 Å². The zero-order valence-corrected chi connectivity index (χ0v) is 13.5. The third-order valence-electron chi connectivity index (χ3n) is 4.18. The van der Waals surface area contributed by atoms with Crippen LogP contribution in [0.4, 0.5) is 5.69 Å². The topological polar surface area (TPSA) is 47.7 Å². The summed E-state index contributed by atoms with van der Waals surface area (Å²) in [4.78, 5) is 3.68. The molecule has 1 spiro atoms. The quantitative estimate of drug-likeness (QED) is 0.866. The van der Waals surface area contributed by atoms with Gasteiger partial charge in [0.25, 0.3) is 0 Å². The molecule has 2 fully saturated rings. The number of nitrogens with zero attached hydrogens (tertiary/aromatic N) is 1. The fourth-order valence-corrected chi connectivity index (χ4v) is 4.12. The van der Waals surface area contributed by atoms with Crippen LogP contribution in [-0.4, -0.2) is 37.8 Å². The Kier molecular flexibility index (Phi) is 4.74. The molecule has 2 heterocycles. The Hall–Kier alpha value is -0.750. The molecule has 4 nitrogen and oxygen atoms in total. The van der Waals surface area contributed by atoms with Gasteiger partial charge >= 0.3 is 0 Å². The van der Waals surface area contributed by atoms with Crippen LogP contribution in [0.25, 0.3) is 0 Å². The lowest BCUT2D eigenvalue weighted by Gasteiger charge is -2.40. The van der Waals surface area contributed by atoms with Crippen molar-refractivity contribution in [3.8, 4) is 0 Å². The maximum atomic E-state index is 6.03. The van der Waals surface area contributed by atoms with Crippen molar-refractivity contribution in [1.29, 1.82) is 0 Å². The van der Waals surface area contributed by atoms with Crippen molar-refractivity contribution in [3.05, 3.63) is 23.8 Å². The first-order valence-corrected chi connectivity index (χ1v) is 8.74. The van der Waals surface area contributed by atoms with Crippen LogP contribution in [-0.2, 0) is 16.0 Å². The van der Waals surface area contributed by atoms with E-state index in [-0.39, 0.29) is 0 Å². The molecule has 0 saturated carbocycles. The molecule has 3 rings (SSSR count). The molecule has 2 saturated heterocycles. The first-order valence-electron chi connectivity index (χ1n) is 7.75. The summed E-state index contributed by atoms with van der Waals surface area (Å²) in [5.41, 5.74) is 8.52. The highest BCUT2D eigenvalue weighted by atomic mass is 32.2. The molecule has 0 aromatic heterocycles. The molecule has 0 radical (unpaired) electrons.